The SMILES string of the molecule is COCCOCCCCNCc1ccc(C(=O)OC)[nH]1. The van der Waals surface area contributed by atoms with Gasteiger partial charge >= 0.3 is 5.97 Å². The molecule has 0 aliphatic rings. The van der Waals surface area contributed by atoms with E-state index in [0.29, 0.717) is 25.5 Å². The maximum atomic E-state index is 11.3. The van der Waals surface area contributed by atoms with Gasteiger partial charge in [-0.2, -0.15) is 0 Å². The minimum Gasteiger partial charge on any atom is -0.464 e. The van der Waals surface area contributed by atoms with Crippen molar-refractivity contribution in [3.63, 3.8) is 0 Å². The number of unbranched alkanes of at least 4 members (excludes halogenated alkanes) is 1. The Morgan fingerprint density at radius 2 is 2.05 bits per heavy atom. The first-order valence-corrected chi connectivity index (χ1v) is 6.81. The first-order valence-electron chi connectivity index (χ1n) is 6.81. The van der Waals surface area contributed by atoms with Crippen molar-refractivity contribution < 1.29 is 19.0 Å². The molecule has 1 rings (SSSR count). The summed E-state index contributed by atoms with van der Waals surface area (Å²) >= 11 is 0. The van der Waals surface area contributed by atoms with Gasteiger partial charge in [0.15, 0.2) is 0 Å². The number of esters is 1. The number of nitrogens with one attached hydrogen (secondary N) is 2. The van der Waals surface area contributed by atoms with E-state index in [1.807, 2.05) is 6.07 Å². The number of hydrogen-bond acceptors (Lipinski definition) is 5. The van der Waals surface area contributed by atoms with E-state index in [1.165, 1.54) is 7.11 Å². The van der Waals surface area contributed by atoms with E-state index in [0.717, 1.165) is 31.7 Å². The van der Waals surface area contributed by atoms with Gasteiger partial charge in [-0.25, -0.2) is 4.79 Å². The molecule has 0 unspecified atom stereocenters. The maximum Gasteiger partial charge on any atom is 0.354 e. The van der Waals surface area contributed by atoms with E-state index in [2.05, 4.69) is 15.0 Å². The molecular formula is C14H24N2O4. The van der Waals surface area contributed by atoms with Gasteiger partial charge in [0.25, 0.3) is 0 Å². The lowest BCUT2D eigenvalue weighted by Gasteiger charge is -2.05. The number of carbonyl (C=O) groups excluding carboxylic acids is 1. The normalized spacial score (nSPS) is 10.7. The van der Waals surface area contributed by atoms with Gasteiger partial charge in [0.2, 0.25) is 0 Å². The molecule has 0 aliphatic heterocycles. The lowest BCUT2D eigenvalue weighted by molar-refractivity contribution is 0.0594. The van der Waals surface area contributed by atoms with Gasteiger partial charge in [0.05, 0.1) is 20.3 Å². The Morgan fingerprint density at radius 3 is 2.80 bits per heavy atom. The summed E-state index contributed by atoms with van der Waals surface area (Å²) in [6, 6.07) is 3.61. The molecule has 6 heteroatoms. The molecule has 0 amide bonds. The summed E-state index contributed by atoms with van der Waals surface area (Å²) in [6.45, 7) is 3.69. The van der Waals surface area contributed by atoms with Gasteiger partial charge in [-0.05, 0) is 31.5 Å². The van der Waals surface area contributed by atoms with E-state index in [1.54, 1.807) is 13.2 Å². The molecule has 6 nitrogen and oxygen atoms in total. The van der Waals surface area contributed by atoms with Crippen LogP contribution >= 0.6 is 0 Å². The molecule has 0 spiro atoms. The first kappa shape index (κ1) is 16.7. The number of aromatic nitrogens is 1. The van der Waals surface area contributed by atoms with Crippen LogP contribution in [0.25, 0.3) is 0 Å². The van der Waals surface area contributed by atoms with Crippen molar-refractivity contribution in [1.29, 1.82) is 0 Å². The van der Waals surface area contributed by atoms with Gasteiger partial charge in [0.1, 0.15) is 5.69 Å². The molecule has 0 aliphatic carbocycles. The number of methoxy groups -OCH3 is 2. The van der Waals surface area contributed by atoms with Crippen LogP contribution in [0.15, 0.2) is 12.1 Å². The second-order valence-electron chi connectivity index (χ2n) is 4.38. The summed E-state index contributed by atoms with van der Waals surface area (Å²) in [5, 5.41) is 3.31. The summed E-state index contributed by atoms with van der Waals surface area (Å²) < 4.78 is 14.9. The third-order valence-corrected chi connectivity index (χ3v) is 2.79. The Kier molecular flexibility index (Phi) is 8.69. The van der Waals surface area contributed by atoms with Crippen LogP contribution in [0.3, 0.4) is 0 Å². The van der Waals surface area contributed by atoms with Crippen LogP contribution in [-0.4, -0.2) is 51.5 Å². The molecule has 0 bridgehead atoms. The molecule has 1 aromatic heterocycles. The van der Waals surface area contributed by atoms with Crippen LogP contribution in [0.2, 0.25) is 0 Å². The van der Waals surface area contributed by atoms with E-state index < -0.39 is 0 Å². The summed E-state index contributed by atoms with van der Waals surface area (Å²) in [5.74, 6) is -0.343. The van der Waals surface area contributed by atoms with Crippen LogP contribution in [0.5, 0.6) is 0 Å². The van der Waals surface area contributed by atoms with Crippen LogP contribution < -0.4 is 5.32 Å². The average Bonchev–Trinajstić information content (AvgIpc) is 2.93. The summed E-state index contributed by atoms with van der Waals surface area (Å²) in [6.07, 6.45) is 2.08. The highest BCUT2D eigenvalue weighted by molar-refractivity contribution is 5.87. The molecule has 1 heterocycles. The van der Waals surface area contributed by atoms with Crippen LogP contribution in [0.4, 0.5) is 0 Å². The van der Waals surface area contributed by atoms with Crippen molar-refractivity contribution in [2.45, 2.75) is 19.4 Å². The minimum atomic E-state index is -0.343. The first-order chi connectivity index (χ1) is 9.77. The number of H-pyrrole nitrogens is 1. The molecular weight excluding hydrogens is 260 g/mol. The highest BCUT2D eigenvalue weighted by atomic mass is 16.5. The lowest BCUT2D eigenvalue weighted by atomic mass is 10.3. The predicted molar refractivity (Wildman–Crippen MR) is 75.8 cm³/mol. The number of hydrogen-bond donors (Lipinski definition) is 2. The standard InChI is InChI=1S/C14H24N2O4/c1-18-9-10-20-8-4-3-7-15-11-12-5-6-13(16-12)14(17)19-2/h5-6,15-16H,3-4,7-11H2,1-2H3. The highest BCUT2D eigenvalue weighted by Gasteiger charge is 2.07. The zero-order valence-corrected chi connectivity index (χ0v) is 12.2. The summed E-state index contributed by atoms with van der Waals surface area (Å²) in [4.78, 5) is 14.3. The van der Waals surface area contributed by atoms with Crippen molar-refractivity contribution in [2.75, 3.05) is 40.6 Å². The fraction of sp³-hybridized carbons (Fsp3) is 0.643. The average molecular weight is 284 g/mol. The number of rotatable bonds is 11. The third kappa shape index (κ3) is 6.70. The number of carbonyl (C=O) groups is 1. The van der Waals surface area contributed by atoms with E-state index in [4.69, 9.17) is 9.47 Å². The maximum absolute atomic E-state index is 11.3. The minimum absolute atomic E-state index is 0.343. The van der Waals surface area contributed by atoms with Gasteiger partial charge in [0, 0.05) is 26.0 Å². The monoisotopic (exact) mass is 284 g/mol. The number of ether oxygens (including phenoxy) is 3. The number of aromatic amines is 1. The molecule has 20 heavy (non-hydrogen) atoms. The molecule has 2 N–H and O–H groups in total. The van der Waals surface area contributed by atoms with E-state index in [-0.39, 0.29) is 5.97 Å². The van der Waals surface area contributed by atoms with Gasteiger partial charge in [-0.15, -0.1) is 0 Å². The van der Waals surface area contributed by atoms with Crippen LogP contribution in [0.1, 0.15) is 29.0 Å². The predicted octanol–water partition coefficient (Wildman–Crippen LogP) is 1.33. The highest BCUT2D eigenvalue weighted by Crippen LogP contribution is 2.03. The molecule has 0 saturated heterocycles. The quantitative estimate of drug-likeness (QED) is 0.474. The Hall–Kier alpha value is -1.37. The van der Waals surface area contributed by atoms with Crippen molar-refractivity contribution in [1.82, 2.24) is 10.3 Å². The second kappa shape index (κ2) is 10.4. The van der Waals surface area contributed by atoms with Crippen LogP contribution in [0, 0.1) is 0 Å². The van der Waals surface area contributed by atoms with Gasteiger partial charge in [-0.3, -0.25) is 0 Å². The Labute approximate surface area is 119 Å². The van der Waals surface area contributed by atoms with Crippen molar-refractivity contribution in [3.05, 3.63) is 23.5 Å². The van der Waals surface area contributed by atoms with Crippen molar-refractivity contribution in [3.8, 4) is 0 Å². The zero-order chi connectivity index (χ0) is 14.6. The van der Waals surface area contributed by atoms with Crippen molar-refractivity contribution in [2.24, 2.45) is 0 Å². The zero-order valence-electron chi connectivity index (χ0n) is 12.2. The van der Waals surface area contributed by atoms with Crippen molar-refractivity contribution >= 4 is 5.97 Å². The Bertz CT molecular complexity index is 379. The molecule has 0 aromatic carbocycles. The fourth-order valence-electron chi connectivity index (χ4n) is 1.69. The molecule has 0 atom stereocenters. The summed E-state index contributed by atoms with van der Waals surface area (Å²) in [5.41, 5.74) is 1.46. The second-order valence-corrected chi connectivity index (χ2v) is 4.38. The Morgan fingerprint density at radius 1 is 1.20 bits per heavy atom. The van der Waals surface area contributed by atoms with Gasteiger partial charge < -0.3 is 24.5 Å². The molecule has 114 valence electrons. The smallest absolute Gasteiger partial charge is 0.354 e. The van der Waals surface area contributed by atoms with Crippen LogP contribution in [-0.2, 0) is 20.8 Å². The summed E-state index contributed by atoms with van der Waals surface area (Å²) in [7, 11) is 3.04. The van der Waals surface area contributed by atoms with Gasteiger partial charge in [-0.1, -0.05) is 0 Å². The Balaban J connectivity index is 2.01. The topological polar surface area (TPSA) is 72.6 Å². The lowest BCUT2D eigenvalue weighted by Crippen LogP contribution is -2.16. The molecule has 0 radical (unpaired) electrons. The molecule has 1 aromatic rings. The fourth-order valence-corrected chi connectivity index (χ4v) is 1.69. The van der Waals surface area contributed by atoms with E-state index >= 15 is 0 Å². The molecule has 0 fully saturated rings. The van der Waals surface area contributed by atoms with E-state index in [9.17, 15) is 4.79 Å². The molecule has 0 saturated carbocycles. The largest absolute Gasteiger partial charge is 0.464 e. The third-order valence-electron chi connectivity index (χ3n) is 2.79.